The number of hydrogen-bond acceptors (Lipinski definition) is 5. The molecule has 0 saturated carbocycles. The van der Waals surface area contributed by atoms with E-state index in [1.165, 1.54) is 0 Å². The number of rotatable bonds is 11. The molecular weight excluding hydrogens is 372 g/mol. The van der Waals surface area contributed by atoms with E-state index in [2.05, 4.69) is 34.8 Å². The average molecular weight is 409 g/mol. The number of nitrogens with one attached hydrogen (secondary N) is 3. The summed E-state index contributed by atoms with van der Waals surface area (Å²) in [6.45, 7) is 7.65. The molecule has 1 unspecified atom stereocenters. The lowest BCUT2D eigenvalue weighted by Crippen LogP contribution is -2.48. The summed E-state index contributed by atoms with van der Waals surface area (Å²) in [5.74, 6) is 2.56. The highest BCUT2D eigenvalue weighted by atomic mass is 16.5. The van der Waals surface area contributed by atoms with E-state index in [9.17, 15) is 4.79 Å². The maximum Gasteiger partial charge on any atom is 0.407 e. The summed E-state index contributed by atoms with van der Waals surface area (Å²) in [5, 5.41) is 9.47. The molecule has 1 atom stereocenters. The second-order valence-corrected chi connectivity index (χ2v) is 7.01. The molecule has 0 radical (unpaired) electrons. The van der Waals surface area contributed by atoms with Crippen molar-refractivity contribution in [1.82, 2.24) is 16.0 Å². The minimum Gasteiger partial charge on any atom is -0.493 e. The fourth-order valence-electron chi connectivity index (χ4n) is 2.90. The van der Waals surface area contributed by atoms with Crippen LogP contribution in [0.4, 0.5) is 4.79 Å². The zero-order valence-electron chi connectivity index (χ0n) is 18.5. The van der Waals surface area contributed by atoms with E-state index in [4.69, 9.17) is 14.2 Å². The molecule has 0 aromatic heterocycles. The lowest BCUT2D eigenvalue weighted by molar-refractivity contribution is 0.146. The highest BCUT2D eigenvalue weighted by Gasteiger charge is 2.15. The first-order valence-electron chi connectivity index (χ1n) is 10.0. The number of nitrogens with zero attached hydrogens (tertiary/aromatic N) is 1. The molecule has 0 aliphatic carbocycles. The van der Waals surface area contributed by atoms with Crippen molar-refractivity contribution in [1.29, 1.82) is 0 Å². The van der Waals surface area contributed by atoms with Crippen molar-refractivity contribution in [2.75, 3.05) is 41.0 Å². The average Bonchev–Trinajstić information content (AvgIpc) is 2.69. The summed E-state index contributed by atoms with van der Waals surface area (Å²) < 4.78 is 15.6. The van der Waals surface area contributed by atoms with Crippen molar-refractivity contribution in [2.45, 2.75) is 39.7 Å². The summed E-state index contributed by atoms with van der Waals surface area (Å²) in [4.78, 5) is 16.0. The van der Waals surface area contributed by atoms with Crippen LogP contribution in [0.1, 0.15) is 32.8 Å². The van der Waals surface area contributed by atoms with Gasteiger partial charge in [-0.05, 0) is 43.4 Å². The number of ether oxygens (including phenoxy) is 3. The largest absolute Gasteiger partial charge is 0.493 e. The molecule has 8 heteroatoms. The summed E-state index contributed by atoms with van der Waals surface area (Å²) in [5.41, 5.74) is 1.13. The van der Waals surface area contributed by atoms with Gasteiger partial charge in [-0.3, -0.25) is 4.99 Å². The second kappa shape index (κ2) is 13.5. The molecular formula is C21H36N4O4. The van der Waals surface area contributed by atoms with Crippen molar-refractivity contribution >= 4 is 12.1 Å². The van der Waals surface area contributed by atoms with E-state index in [0.29, 0.717) is 43.1 Å². The number of guanidine groups is 1. The van der Waals surface area contributed by atoms with Gasteiger partial charge in [-0.2, -0.15) is 0 Å². The van der Waals surface area contributed by atoms with Gasteiger partial charge in [-0.25, -0.2) is 4.79 Å². The molecule has 0 heterocycles. The fraction of sp³-hybridized carbons (Fsp3) is 0.619. The Hall–Kier alpha value is -2.64. The number of methoxy groups -OCH3 is 2. The third-order valence-corrected chi connectivity index (χ3v) is 4.25. The van der Waals surface area contributed by atoms with Crippen LogP contribution in [-0.2, 0) is 11.2 Å². The van der Waals surface area contributed by atoms with Crippen LogP contribution in [0.5, 0.6) is 11.5 Å². The van der Waals surface area contributed by atoms with E-state index in [1.807, 2.05) is 18.2 Å². The fourth-order valence-corrected chi connectivity index (χ4v) is 2.90. The smallest absolute Gasteiger partial charge is 0.407 e. The SMILES string of the molecule is CCOC(=O)NC(CNC(=NC)NCCc1ccc(OC)c(OC)c1)CC(C)C. The van der Waals surface area contributed by atoms with E-state index in [1.54, 1.807) is 28.2 Å². The zero-order chi connectivity index (χ0) is 21.6. The molecule has 29 heavy (non-hydrogen) atoms. The van der Waals surface area contributed by atoms with Gasteiger partial charge < -0.3 is 30.2 Å². The van der Waals surface area contributed by atoms with E-state index in [0.717, 1.165) is 18.4 Å². The van der Waals surface area contributed by atoms with Crippen LogP contribution in [0.2, 0.25) is 0 Å². The lowest BCUT2D eigenvalue weighted by atomic mass is 10.0. The quantitative estimate of drug-likeness (QED) is 0.385. The van der Waals surface area contributed by atoms with Gasteiger partial charge in [0.25, 0.3) is 0 Å². The Morgan fingerprint density at radius 3 is 2.45 bits per heavy atom. The molecule has 0 bridgehead atoms. The summed E-state index contributed by atoms with van der Waals surface area (Å²) >= 11 is 0. The lowest BCUT2D eigenvalue weighted by Gasteiger charge is -2.22. The number of carbonyl (C=O) groups is 1. The van der Waals surface area contributed by atoms with Crippen LogP contribution >= 0.6 is 0 Å². The van der Waals surface area contributed by atoms with Gasteiger partial charge in [0.15, 0.2) is 17.5 Å². The molecule has 1 aromatic carbocycles. The topological polar surface area (TPSA) is 93.2 Å². The van der Waals surface area contributed by atoms with Crippen LogP contribution in [0.25, 0.3) is 0 Å². The van der Waals surface area contributed by atoms with Crippen molar-refractivity contribution in [3.8, 4) is 11.5 Å². The van der Waals surface area contributed by atoms with E-state index < -0.39 is 6.09 Å². The van der Waals surface area contributed by atoms with Gasteiger partial charge in [0.05, 0.1) is 20.8 Å². The van der Waals surface area contributed by atoms with Crippen LogP contribution in [0.3, 0.4) is 0 Å². The maximum absolute atomic E-state index is 11.7. The molecule has 1 rings (SSSR count). The van der Waals surface area contributed by atoms with Gasteiger partial charge in [-0.15, -0.1) is 0 Å². The van der Waals surface area contributed by atoms with Crippen LogP contribution in [0, 0.1) is 5.92 Å². The first-order chi connectivity index (χ1) is 13.9. The van der Waals surface area contributed by atoms with E-state index in [-0.39, 0.29) is 6.04 Å². The number of benzene rings is 1. The third kappa shape index (κ3) is 9.40. The Morgan fingerprint density at radius 1 is 1.14 bits per heavy atom. The highest BCUT2D eigenvalue weighted by molar-refractivity contribution is 5.79. The molecule has 0 fully saturated rings. The van der Waals surface area contributed by atoms with Gasteiger partial charge in [0, 0.05) is 26.2 Å². The first-order valence-corrected chi connectivity index (χ1v) is 10.0. The Balaban J connectivity index is 2.52. The summed E-state index contributed by atoms with van der Waals surface area (Å²) in [6, 6.07) is 5.84. The Bertz CT molecular complexity index is 650. The minimum absolute atomic E-state index is 0.0431. The highest BCUT2D eigenvalue weighted by Crippen LogP contribution is 2.27. The third-order valence-electron chi connectivity index (χ3n) is 4.25. The van der Waals surface area contributed by atoms with Crippen molar-refractivity contribution in [3.05, 3.63) is 23.8 Å². The normalized spacial score (nSPS) is 12.3. The van der Waals surface area contributed by atoms with Gasteiger partial charge in [-0.1, -0.05) is 19.9 Å². The number of alkyl carbamates (subject to hydrolysis) is 1. The molecule has 3 N–H and O–H groups in total. The zero-order valence-corrected chi connectivity index (χ0v) is 18.5. The first kappa shape index (κ1) is 24.4. The molecule has 0 saturated heterocycles. The Kier molecular flexibility index (Phi) is 11.4. The number of hydrogen-bond donors (Lipinski definition) is 3. The number of carbonyl (C=O) groups excluding carboxylic acids is 1. The van der Waals surface area contributed by atoms with Crippen LogP contribution in [0.15, 0.2) is 23.2 Å². The number of aliphatic imine (C=N–C) groups is 1. The van der Waals surface area contributed by atoms with E-state index >= 15 is 0 Å². The molecule has 164 valence electrons. The van der Waals surface area contributed by atoms with Crippen molar-refractivity contribution in [3.63, 3.8) is 0 Å². The number of amides is 1. The van der Waals surface area contributed by atoms with Crippen molar-refractivity contribution in [2.24, 2.45) is 10.9 Å². The second-order valence-electron chi connectivity index (χ2n) is 7.01. The van der Waals surface area contributed by atoms with Gasteiger partial charge >= 0.3 is 6.09 Å². The Morgan fingerprint density at radius 2 is 1.86 bits per heavy atom. The minimum atomic E-state index is -0.392. The molecule has 0 spiro atoms. The van der Waals surface area contributed by atoms with Crippen molar-refractivity contribution < 1.29 is 19.0 Å². The molecule has 0 aliphatic heterocycles. The Labute approximate surface area is 174 Å². The molecule has 8 nitrogen and oxygen atoms in total. The molecule has 1 aromatic rings. The monoisotopic (exact) mass is 408 g/mol. The molecule has 0 aliphatic rings. The van der Waals surface area contributed by atoms with Crippen LogP contribution in [-0.4, -0.2) is 59.1 Å². The summed E-state index contributed by atoms with van der Waals surface area (Å²) in [6.07, 6.45) is 1.25. The van der Waals surface area contributed by atoms with Gasteiger partial charge in [0.2, 0.25) is 0 Å². The summed E-state index contributed by atoms with van der Waals surface area (Å²) in [7, 11) is 4.98. The predicted molar refractivity (Wildman–Crippen MR) is 116 cm³/mol. The van der Waals surface area contributed by atoms with Crippen LogP contribution < -0.4 is 25.4 Å². The van der Waals surface area contributed by atoms with Gasteiger partial charge in [0.1, 0.15) is 0 Å². The molecule has 1 amide bonds. The maximum atomic E-state index is 11.7. The standard InChI is InChI=1S/C21H36N4O4/c1-7-29-21(26)25-17(12-15(2)3)14-24-20(22-4)23-11-10-16-8-9-18(27-5)19(13-16)28-6/h8-9,13,15,17H,7,10-12,14H2,1-6H3,(H,25,26)(H2,22,23,24). The predicted octanol–water partition coefficient (Wildman–Crippen LogP) is 2.57.